The molecule has 28 heavy (non-hydrogen) atoms. The number of carbonyl (C=O) groups is 1. The molecule has 0 aliphatic heterocycles. The van der Waals surface area contributed by atoms with Crippen molar-refractivity contribution in [2.24, 2.45) is 11.3 Å². The summed E-state index contributed by atoms with van der Waals surface area (Å²) < 4.78 is 17.8. The molecule has 2 aliphatic carbocycles. The van der Waals surface area contributed by atoms with Gasteiger partial charge in [-0.05, 0) is 44.4 Å². The molecule has 0 saturated heterocycles. The largest absolute Gasteiger partial charge is 0.395 e. The molecule has 4 N–H and O–H groups in total. The Hall–Kier alpha value is -0.770. The van der Waals surface area contributed by atoms with E-state index in [0.29, 0.717) is 32.2 Å². The van der Waals surface area contributed by atoms with E-state index in [9.17, 15) is 4.79 Å². The fraction of sp³-hybridized carbons (Fsp3) is 0.950. The minimum absolute atomic E-state index is 0.00861. The first kappa shape index (κ1) is 23.5. The van der Waals surface area contributed by atoms with Crippen molar-refractivity contribution in [3.8, 4) is 0 Å². The average Bonchev–Trinajstić information content (AvgIpc) is 2.70. The molecule has 0 aromatic heterocycles. The Morgan fingerprint density at radius 2 is 1.93 bits per heavy atom. The highest BCUT2D eigenvalue weighted by atomic mass is 16.5. The minimum Gasteiger partial charge on any atom is -0.395 e. The summed E-state index contributed by atoms with van der Waals surface area (Å²) in [5, 5.41) is 23.4. The van der Waals surface area contributed by atoms with Crippen molar-refractivity contribution in [1.29, 1.82) is 0 Å². The Morgan fingerprint density at radius 3 is 2.54 bits per heavy atom. The van der Waals surface area contributed by atoms with Crippen LogP contribution >= 0.6 is 0 Å². The van der Waals surface area contributed by atoms with E-state index in [1.54, 1.807) is 14.2 Å². The van der Waals surface area contributed by atoms with Crippen LogP contribution in [0.5, 0.6) is 0 Å². The first-order valence-electron chi connectivity index (χ1n) is 10.5. The molecule has 164 valence electrons. The minimum atomic E-state index is -0.0313. The predicted octanol–water partition coefficient (Wildman–Crippen LogP) is 0.410. The number of nitrogens with one attached hydrogen (secondary N) is 2. The molecule has 8 heteroatoms. The Bertz CT molecular complexity index is 466. The molecule has 5 atom stereocenters. The number of methoxy groups -OCH3 is 2. The average molecular weight is 403 g/mol. The summed E-state index contributed by atoms with van der Waals surface area (Å²) in [6.45, 7) is 1.35. The summed E-state index contributed by atoms with van der Waals surface area (Å²) in [5.74, 6) is 0.349. The van der Waals surface area contributed by atoms with Crippen molar-refractivity contribution < 1.29 is 29.2 Å². The molecular formula is C20H38N2O6. The summed E-state index contributed by atoms with van der Waals surface area (Å²) >= 11 is 0. The van der Waals surface area contributed by atoms with Gasteiger partial charge in [-0.3, -0.25) is 10.1 Å². The van der Waals surface area contributed by atoms with Crippen LogP contribution in [0.15, 0.2) is 0 Å². The van der Waals surface area contributed by atoms with Crippen LogP contribution in [0.25, 0.3) is 0 Å². The fourth-order valence-electron chi connectivity index (χ4n) is 4.85. The van der Waals surface area contributed by atoms with Crippen LogP contribution in [0.4, 0.5) is 0 Å². The van der Waals surface area contributed by atoms with E-state index in [-0.39, 0.29) is 42.8 Å². The van der Waals surface area contributed by atoms with Crippen LogP contribution < -0.4 is 10.6 Å². The predicted molar refractivity (Wildman–Crippen MR) is 105 cm³/mol. The molecule has 2 rings (SSSR count). The highest BCUT2D eigenvalue weighted by Gasteiger charge is 2.57. The van der Waals surface area contributed by atoms with Gasteiger partial charge in [0.25, 0.3) is 0 Å². The van der Waals surface area contributed by atoms with E-state index < -0.39 is 0 Å². The fourth-order valence-corrected chi connectivity index (χ4v) is 4.85. The third-order valence-electron chi connectivity index (χ3n) is 6.45. The molecule has 1 spiro atoms. The number of carbonyl (C=O) groups excluding carboxylic acids is 1. The van der Waals surface area contributed by atoms with Crippen molar-refractivity contribution in [3.05, 3.63) is 0 Å². The molecule has 2 fully saturated rings. The number of hydrogen-bond acceptors (Lipinski definition) is 7. The van der Waals surface area contributed by atoms with Crippen LogP contribution in [0.3, 0.4) is 0 Å². The van der Waals surface area contributed by atoms with Crippen molar-refractivity contribution >= 4 is 5.91 Å². The normalized spacial score (nSPS) is 32.3. The summed E-state index contributed by atoms with van der Waals surface area (Å²) in [6.07, 6.45) is 6.53. The highest BCUT2D eigenvalue weighted by molar-refractivity contribution is 5.75. The van der Waals surface area contributed by atoms with Gasteiger partial charge in [-0.15, -0.1) is 0 Å². The van der Waals surface area contributed by atoms with Gasteiger partial charge in [0.1, 0.15) is 0 Å². The topological polar surface area (TPSA) is 109 Å². The third kappa shape index (κ3) is 5.87. The molecule has 8 nitrogen and oxygen atoms in total. The van der Waals surface area contributed by atoms with E-state index in [1.165, 1.54) is 0 Å². The zero-order chi connectivity index (χ0) is 20.4. The number of amides is 1. The number of rotatable bonds is 13. The van der Waals surface area contributed by atoms with Gasteiger partial charge in [0.15, 0.2) is 0 Å². The van der Waals surface area contributed by atoms with Gasteiger partial charge in [-0.25, -0.2) is 0 Å². The van der Waals surface area contributed by atoms with Gasteiger partial charge in [-0.1, -0.05) is 0 Å². The van der Waals surface area contributed by atoms with Crippen molar-refractivity contribution in [2.45, 2.75) is 63.3 Å². The van der Waals surface area contributed by atoms with Crippen LogP contribution in [-0.4, -0.2) is 81.7 Å². The molecule has 2 aliphatic rings. The standard InChI is InChI=1S/C20H38N2O6/c1-26-16-13-20(7-6-17(20)28-14-21-8-10-23)18(27-2)12-15(16)4-3-5-19(25)22-9-11-24/h15-18,21,23-24H,3-14H2,1-2H3,(H,22,25). The molecule has 0 bridgehead atoms. The summed E-state index contributed by atoms with van der Waals surface area (Å²) in [5.41, 5.74) is -0.00861. The summed E-state index contributed by atoms with van der Waals surface area (Å²) in [4.78, 5) is 11.7. The summed E-state index contributed by atoms with van der Waals surface area (Å²) in [7, 11) is 3.54. The van der Waals surface area contributed by atoms with Gasteiger partial charge < -0.3 is 29.7 Å². The molecule has 1 amide bonds. The second-order valence-electron chi connectivity index (χ2n) is 7.96. The van der Waals surface area contributed by atoms with E-state index in [4.69, 9.17) is 24.4 Å². The van der Waals surface area contributed by atoms with Gasteiger partial charge in [-0.2, -0.15) is 0 Å². The maximum Gasteiger partial charge on any atom is 0.220 e. The number of aliphatic hydroxyl groups excluding tert-OH is 2. The third-order valence-corrected chi connectivity index (χ3v) is 6.45. The maximum absolute atomic E-state index is 11.7. The van der Waals surface area contributed by atoms with Gasteiger partial charge in [0, 0.05) is 39.1 Å². The zero-order valence-corrected chi connectivity index (χ0v) is 17.3. The quantitative estimate of drug-likeness (QED) is 0.261. The lowest BCUT2D eigenvalue weighted by Gasteiger charge is -2.58. The molecule has 0 aromatic carbocycles. The Balaban J connectivity index is 1.87. The van der Waals surface area contributed by atoms with Crippen molar-refractivity contribution in [1.82, 2.24) is 10.6 Å². The van der Waals surface area contributed by atoms with Gasteiger partial charge in [0.05, 0.1) is 38.3 Å². The molecule has 5 unspecified atom stereocenters. The van der Waals surface area contributed by atoms with Crippen LogP contribution in [-0.2, 0) is 19.0 Å². The summed E-state index contributed by atoms with van der Waals surface area (Å²) in [6, 6.07) is 0. The lowest BCUT2D eigenvalue weighted by molar-refractivity contribution is -0.221. The smallest absolute Gasteiger partial charge is 0.220 e. The highest BCUT2D eigenvalue weighted by Crippen LogP contribution is 2.56. The number of ether oxygens (including phenoxy) is 3. The molecule has 0 heterocycles. The van der Waals surface area contributed by atoms with Crippen molar-refractivity contribution in [3.63, 3.8) is 0 Å². The van der Waals surface area contributed by atoms with Gasteiger partial charge >= 0.3 is 0 Å². The zero-order valence-electron chi connectivity index (χ0n) is 17.3. The van der Waals surface area contributed by atoms with E-state index in [2.05, 4.69) is 10.6 Å². The first-order valence-corrected chi connectivity index (χ1v) is 10.5. The first-order chi connectivity index (χ1) is 13.6. The SMILES string of the molecule is COC1CC2(CCC2OCNCCO)C(OC)CC1CCCC(=O)NCCO. The monoisotopic (exact) mass is 402 g/mol. The van der Waals surface area contributed by atoms with Crippen LogP contribution in [0.1, 0.15) is 44.9 Å². The van der Waals surface area contributed by atoms with E-state index in [1.807, 2.05) is 0 Å². The van der Waals surface area contributed by atoms with Crippen molar-refractivity contribution in [2.75, 3.05) is 47.3 Å². The molecular weight excluding hydrogens is 364 g/mol. The molecule has 0 radical (unpaired) electrons. The van der Waals surface area contributed by atoms with E-state index >= 15 is 0 Å². The van der Waals surface area contributed by atoms with Gasteiger partial charge in [0.2, 0.25) is 5.91 Å². The maximum atomic E-state index is 11.7. The second kappa shape index (κ2) is 12.0. The number of hydrogen-bond donors (Lipinski definition) is 4. The Kier molecular flexibility index (Phi) is 10.1. The lowest BCUT2D eigenvalue weighted by Crippen LogP contribution is -2.61. The second-order valence-corrected chi connectivity index (χ2v) is 7.96. The molecule has 2 saturated carbocycles. The van der Waals surface area contributed by atoms with Crippen LogP contribution in [0.2, 0.25) is 0 Å². The Labute approximate surface area is 168 Å². The Morgan fingerprint density at radius 1 is 1.14 bits per heavy atom. The lowest BCUT2D eigenvalue weighted by atomic mass is 9.54. The molecule has 0 aromatic rings. The van der Waals surface area contributed by atoms with E-state index in [0.717, 1.165) is 38.5 Å². The number of aliphatic hydroxyl groups is 2. The van der Waals surface area contributed by atoms with Crippen LogP contribution in [0, 0.1) is 11.3 Å².